The third-order valence-corrected chi connectivity index (χ3v) is 11.5. The Balaban J connectivity index is 1.30. The van der Waals surface area contributed by atoms with Gasteiger partial charge < -0.3 is 10.6 Å². The van der Waals surface area contributed by atoms with E-state index in [2.05, 4.69) is 40.5 Å². The molecule has 6 rings (SSSR count). The van der Waals surface area contributed by atoms with Gasteiger partial charge in [-0.1, -0.05) is 36.4 Å². The van der Waals surface area contributed by atoms with Gasteiger partial charge in [-0.05, 0) is 95.0 Å². The van der Waals surface area contributed by atoms with Gasteiger partial charge in [0, 0.05) is 22.5 Å². The summed E-state index contributed by atoms with van der Waals surface area (Å²) in [4.78, 5) is 22.2. The van der Waals surface area contributed by atoms with E-state index in [-0.39, 0.29) is 77.5 Å². The van der Waals surface area contributed by atoms with Crippen molar-refractivity contribution >= 4 is 99.1 Å². The summed E-state index contributed by atoms with van der Waals surface area (Å²) in [5.74, 6) is -0.608. The fraction of sp³-hybridized carbons (Fsp3) is 0. The second kappa shape index (κ2) is 16.0. The monoisotopic (exact) mass is 908 g/mol. The number of aromatic nitrogens is 6. The lowest BCUT2D eigenvalue weighted by Crippen LogP contribution is -2.05. The van der Waals surface area contributed by atoms with Crippen molar-refractivity contribution in [1.82, 2.24) is 29.9 Å². The number of anilines is 4. The minimum atomic E-state index is -4.96. The summed E-state index contributed by atoms with van der Waals surface area (Å²) in [5.41, 5.74) is 0.334. The maximum Gasteiger partial charge on any atom is 0.295 e. The lowest BCUT2D eigenvalue weighted by molar-refractivity contribution is 0.480. The molecule has 4 aromatic carbocycles. The van der Waals surface area contributed by atoms with E-state index >= 15 is 0 Å². The Morgan fingerprint density at radius 3 is 1.10 bits per heavy atom. The number of hydrogen-bond donors (Lipinski definition) is 6. The quantitative estimate of drug-likeness (QED) is 0.0666. The molecule has 0 radical (unpaired) electrons. The van der Waals surface area contributed by atoms with Gasteiger partial charge in [0.1, 0.15) is 9.79 Å². The van der Waals surface area contributed by atoms with Crippen LogP contribution >= 0.6 is 23.2 Å². The summed E-state index contributed by atoms with van der Waals surface area (Å²) in [6.45, 7) is 0. The van der Waals surface area contributed by atoms with Crippen LogP contribution in [0.4, 0.5) is 23.3 Å². The molecule has 0 aliphatic carbocycles. The van der Waals surface area contributed by atoms with Crippen molar-refractivity contribution in [3.05, 3.63) is 107 Å². The number of nitrogens with one attached hydrogen (secondary N) is 2. The molecular weight excluding hydrogens is 888 g/mol. The van der Waals surface area contributed by atoms with Gasteiger partial charge in [-0.15, -0.1) is 0 Å². The van der Waals surface area contributed by atoms with Crippen LogP contribution in [0, 0.1) is 0 Å². The molecule has 0 bridgehead atoms. The van der Waals surface area contributed by atoms with Crippen molar-refractivity contribution in [2.45, 2.75) is 19.6 Å². The molecule has 2 aromatic heterocycles. The SMILES string of the molecule is O=S(=O)(O)c1ccc(Nc2nc(Cl)nc(-c3ccc(/C=C/c4ccc(-c5nc(Cl)nc(Nc6ccc(S(=O)(=O)O)cc6)n5)cc4S(=O)(=O)O)c(S(=O)(=O)O)c3)n2)cc1. The molecule has 0 aliphatic heterocycles. The van der Waals surface area contributed by atoms with Gasteiger partial charge in [0.05, 0.1) is 9.79 Å². The first-order chi connectivity index (χ1) is 27.0. The molecule has 0 aliphatic rings. The van der Waals surface area contributed by atoms with Gasteiger partial charge in [-0.2, -0.15) is 63.6 Å². The number of halogens is 2. The maximum absolute atomic E-state index is 12.5. The molecule has 26 heteroatoms. The van der Waals surface area contributed by atoms with Crippen molar-refractivity contribution in [2.24, 2.45) is 0 Å². The van der Waals surface area contributed by atoms with Crippen LogP contribution in [0.3, 0.4) is 0 Å². The lowest BCUT2D eigenvalue weighted by Gasteiger charge is -2.10. The Kier molecular flexibility index (Phi) is 11.6. The minimum absolute atomic E-state index is 0.0295. The summed E-state index contributed by atoms with van der Waals surface area (Å²) in [6.07, 6.45) is 2.30. The Labute approximate surface area is 338 Å². The zero-order valence-electron chi connectivity index (χ0n) is 28.4. The number of nitrogens with zero attached hydrogens (tertiary/aromatic N) is 6. The van der Waals surface area contributed by atoms with E-state index < -0.39 is 50.3 Å². The van der Waals surface area contributed by atoms with Crippen LogP contribution in [0.15, 0.2) is 105 Å². The molecule has 0 atom stereocenters. The summed E-state index contributed by atoms with van der Waals surface area (Å²) in [5, 5.41) is 4.86. The first-order valence-corrected chi connectivity index (χ1v) is 22.0. The van der Waals surface area contributed by atoms with E-state index in [9.17, 15) is 51.9 Å². The molecule has 20 nitrogen and oxygen atoms in total. The third kappa shape index (κ3) is 10.3. The van der Waals surface area contributed by atoms with E-state index in [1.807, 2.05) is 0 Å². The van der Waals surface area contributed by atoms with Crippen LogP contribution in [0.1, 0.15) is 11.1 Å². The van der Waals surface area contributed by atoms with Crippen molar-refractivity contribution in [2.75, 3.05) is 10.6 Å². The molecular formula is C32H22Cl2N8O12S4. The molecule has 6 aromatic rings. The maximum atomic E-state index is 12.5. The standard InChI is InChI=1S/C32H22Cl2N8O12S4/c33-29-37-27(39-31(41-29)35-21-7-11-23(12-8-21)55(43,44)45)19-5-3-17(25(15-19)57(49,50)51)1-2-18-4-6-20(16-26(18)58(52,53)54)28-38-30(34)42-32(40-28)36-22-9-13-24(14-10-22)56(46,47)48/h1-16H,(H,43,44,45)(H,46,47,48)(H,49,50,51)(H,52,53,54)(H,35,37,39,41)(H,36,38,40,42)/b2-1+. The molecule has 0 spiro atoms. The average molecular weight is 910 g/mol. The average Bonchev–Trinajstić information content (AvgIpc) is 3.12. The van der Waals surface area contributed by atoms with E-state index in [0.29, 0.717) is 0 Å². The molecule has 0 unspecified atom stereocenters. The first-order valence-electron chi connectivity index (χ1n) is 15.5. The van der Waals surface area contributed by atoms with Crippen LogP contribution in [-0.4, -0.2) is 81.8 Å². The Hall–Kier alpha value is -5.54. The van der Waals surface area contributed by atoms with Crippen molar-refractivity contribution < 1.29 is 51.9 Å². The zero-order valence-corrected chi connectivity index (χ0v) is 33.1. The third-order valence-electron chi connectivity index (χ3n) is 7.57. The van der Waals surface area contributed by atoms with Gasteiger partial charge in [-0.3, -0.25) is 18.2 Å². The molecule has 2 heterocycles. The molecule has 0 saturated heterocycles. The van der Waals surface area contributed by atoms with Gasteiger partial charge in [0.25, 0.3) is 40.5 Å². The van der Waals surface area contributed by atoms with Crippen LogP contribution in [0.5, 0.6) is 0 Å². The lowest BCUT2D eigenvalue weighted by atomic mass is 10.1. The zero-order chi connectivity index (χ0) is 42.2. The highest BCUT2D eigenvalue weighted by Crippen LogP contribution is 2.30. The normalized spacial score (nSPS) is 12.4. The van der Waals surface area contributed by atoms with E-state index in [0.717, 1.165) is 48.6 Å². The van der Waals surface area contributed by atoms with Crippen molar-refractivity contribution in [3.63, 3.8) is 0 Å². The van der Waals surface area contributed by atoms with Gasteiger partial charge >= 0.3 is 0 Å². The fourth-order valence-electron chi connectivity index (χ4n) is 5.00. The van der Waals surface area contributed by atoms with E-state index in [1.54, 1.807) is 0 Å². The highest BCUT2D eigenvalue weighted by molar-refractivity contribution is 7.86. The topological polar surface area (TPSA) is 319 Å². The van der Waals surface area contributed by atoms with Crippen molar-refractivity contribution in [3.8, 4) is 22.8 Å². The minimum Gasteiger partial charge on any atom is -0.324 e. The highest BCUT2D eigenvalue weighted by Gasteiger charge is 2.21. The summed E-state index contributed by atoms with van der Waals surface area (Å²) in [6, 6.07) is 16.9. The molecule has 300 valence electrons. The highest BCUT2D eigenvalue weighted by atomic mass is 35.5. The van der Waals surface area contributed by atoms with Crippen LogP contribution in [0.2, 0.25) is 10.6 Å². The summed E-state index contributed by atoms with van der Waals surface area (Å²) >= 11 is 12.2. The number of hydrogen-bond acceptors (Lipinski definition) is 16. The smallest absolute Gasteiger partial charge is 0.295 e. The van der Waals surface area contributed by atoms with E-state index in [1.165, 1.54) is 48.5 Å². The second-order valence-electron chi connectivity index (χ2n) is 11.5. The van der Waals surface area contributed by atoms with Crippen LogP contribution < -0.4 is 10.6 Å². The molecule has 0 fully saturated rings. The molecule has 6 N–H and O–H groups in total. The summed E-state index contributed by atoms with van der Waals surface area (Å²) in [7, 11) is -18.8. The van der Waals surface area contributed by atoms with Crippen molar-refractivity contribution in [1.29, 1.82) is 0 Å². The molecule has 58 heavy (non-hydrogen) atoms. The Morgan fingerprint density at radius 1 is 0.448 bits per heavy atom. The van der Waals surface area contributed by atoms with Gasteiger partial charge in [-0.25, -0.2) is 0 Å². The molecule has 0 amide bonds. The van der Waals surface area contributed by atoms with E-state index in [4.69, 9.17) is 23.2 Å². The van der Waals surface area contributed by atoms with Gasteiger partial charge in [0.15, 0.2) is 11.6 Å². The van der Waals surface area contributed by atoms with Crippen LogP contribution in [0.25, 0.3) is 34.9 Å². The second-order valence-corrected chi connectivity index (χ2v) is 17.8. The number of benzene rings is 4. The molecule has 0 saturated carbocycles. The largest absolute Gasteiger partial charge is 0.324 e. The van der Waals surface area contributed by atoms with Crippen LogP contribution in [-0.2, 0) is 40.5 Å². The Morgan fingerprint density at radius 2 is 0.793 bits per heavy atom. The Bertz CT molecular complexity index is 2880. The predicted molar refractivity (Wildman–Crippen MR) is 208 cm³/mol. The fourth-order valence-corrected chi connectivity index (χ4v) is 7.70. The summed E-state index contributed by atoms with van der Waals surface area (Å²) < 4.78 is 134. The predicted octanol–water partition coefficient (Wildman–Crippen LogP) is 5.34. The first kappa shape index (κ1) is 42.1. The number of rotatable bonds is 12. The van der Waals surface area contributed by atoms with Gasteiger partial charge in [0.2, 0.25) is 22.5 Å².